The fourth-order valence-corrected chi connectivity index (χ4v) is 2.92. The molecule has 0 spiro atoms. The molecule has 2 nitrogen and oxygen atoms in total. The van der Waals surface area contributed by atoms with Crippen molar-refractivity contribution >= 4 is 27.5 Å². The van der Waals surface area contributed by atoms with Crippen LogP contribution in [0.3, 0.4) is 0 Å². The van der Waals surface area contributed by atoms with Crippen molar-refractivity contribution in [3.05, 3.63) is 33.7 Å². The van der Waals surface area contributed by atoms with Crippen molar-refractivity contribution in [3.8, 4) is 0 Å². The van der Waals surface area contributed by atoms with E-state index >= 15 is 0 Å². The molecule has 0 bridgehead atoms. The molecule has 13 heavy (non-hydrogen) atoms. The van der Waals surface area contributed by atoms with Crippen LogP contribution in [-0.2, 0) is 9.84 Å². The maximum absolute atomic E-state index is 11.6. The zero-order valence-corrected chi connectivity index (χ0v) is 8.48. The second kappa shape index (κ2) is 2.59. The van der Waals surface area contributed by atoms with Gasteiger partial charge in [0.25, 0.3) is 0 Å². The molecular weight excluding hydrogens is 208 g/mol. The van der Waals surface area contributed by atoms with E-state index in [0.717, 1.165) is 5.56 Å². The van der Waals surface area contributed by atoms with Gasteiger partial charge in [-0.05, 0) is 30.7 Å². The van der Waals surface area contributed by atoms with E-state index in [1.807, 2.05) is 0 Å². The molecule has 0 saturated carbocycles. The zero-order valence-electron chi connectivity index (χ0n) is 6.91. The second-order valence-corrected chi connectivity index (χ2v) is 5.47. The number of hydrogen-bond acceptors (Lipinski definition) is 2. The Morgan fingerprint density at radius 2 is 2.00 bits per heavy atom. The first kappa shape index (κ1) is 8.78. The van der Waals surface area contributed by atoms with Crippen LogP contribution < -0.4 is 0 Å². The third kappa shape index (κ3) is 1.19. The van der Waals surface area contributed by atoms with Crippen LogP contribution in [0.4, 0.5) is 0 Å². The van der Waals surface area contributed by atoms with E-state index in [1.165, 1.54) is 6.07 Å². The minimum absolute atomic E-state index is 0.317. The number of hydrogen-bond donors (Lipinski definition) is 0. The van der Waals surface area contributed by atoms with E-state index in [9.17, 15) is 8.42 Å². The summed E-state index contributed by atoms with van der Waals surface area (Å²) in [6.07, 6.45) is 1.65. The smallest absolute Gasteiger partial charge is 0.203 e. The minimum Gasteiger partial charge on any atom is -0.219 e. The lowest BCUT2D eigenvalue weighted by Crippen LogP contribution is -1.97. The van der Waals surface area contributed by atoms with E-state index in [0.29, 0.717) is 14.8 Å². The van der Waals surface area contributed by atoms with Gasteiger partial charge in [0.15, 0.2) is 0 Å². The fourth-order valence-electron chi connectivity index (χ4n) is 1.33. The fraction of sp³-hybridized carbons (Fsp3) is 0.111. The molecule has 1 aromatic rings. The molecule has 1 aromatic carbocycles. The highest BCUT2D eigenvalue weighted by atomic mass is 35.5. The van der Waals surface area contributed by atoms with Crippen LogP contribution in [0.5, 0.6) is 0 Å². The molecule has 1 heterocycles. The Morgan fingerprint density at radius 1 is 1.31 bits per heavy atom. The molecule has 0 radical (unpaired) electrons. The maximum Gasteiger partial charge on any atom is 0.203 e. The predicted molar refractivity (Wildman–Crippen MR) is 52.3 cm³/mol. The van der Waals surface area contributed by atoms with Gasteiger partial charge >= 0.3 is 0 Å². The average Bonchev–Trinajstić information content (AvgIpc) is 2.27. The molecule has 1 aliphatic rings. The topological polar surface area (TPSA) is 34.1 Å². The molecule has 1 aliphatic heterocycles. The van der Waals surface area contributed by atoms with E-state index in [4.69, 9.17) is 11.6 Å². The molecule has 0 fully saturated rings. The summed E-state index contributed by atoms with van der Waals surface area (Å²) in [4.78, 5) is 0.697. The molecule has 0 atom stereocenters. The van der Waals surface area contributed by atoms with Crippen molar-refractivity contribution in [3.63, 3.8) is 0 Å². The highest BCUT2D eigenvalue weighted by Crippen LogP contribution is 2.33. The number of sulfone groups is 1. The third-order valence-electron chi connectivity index (χ3n) is 2.05. The Hall–Kier alpha value is -0.800. The Kier molecular flexibility index (Phi) is 1.75. The summed E-state index contributed by atoms with van der Waals surface area (Å²) in [7, 11) is -3.23. The molecule has 4 heteroatoms. The molecule has 0 unspecified atom stereocenters. The van der Waals surface area contributed by atoms with Gasteiger partial charge in [0.05, 0.1) is 4.90 Å². The first-order chi connectivity index (χ1) is 6.01. The van der Waals surface area contributed by atoms with Gasteiger partial charge in [-0.2, -0.15) is 0 Å². The maximum atomic E-state index is 11.6. The summed E-state index contributed by atoms with van der Waals surface area (Å²) in [6, 6.07) is 4.88. The molecule has 0 aliphatic carbocycles. The summed E-state index contributed by atoms with van der Waals surface area (Å²) >= 11 is 5.71. The standard InChI is InChI=1S/C9H7ClO2S/c1-6-4-7-2-3-8(10)5-9(7)13(6,11)12/h2-5H,1H3. The zero-order chi connectivity index (χ0) is 9.64. The minimum atomic E-state index is -3.23. The highest BCUT2D eigenvalue weighted by molar-refractivity contribution is 7.95. The van der Waals surface area contributed by atoms with Crippen LogP contribution >= 0.6 is 11.6 Å². The number of fused-ring (bicyclic) bond motifs is 1. The number of halogens is 1. The molecule has 0 saturated heterocycles. The van der Waals surface area contributed by atoms with E-state index in [-0.39, 0.29) is 0 Å². The van der Waals surface area contributed by atoms with Gasteiger partial charge in [0, 0.05) is 9.93 Å². The molecule has 0 amide bonds. The van der Waals surface area contributed by atoms with Crippen LogP contribution in [0.2, 0.25) is 5.02 Å². The average molecular weight is 215 g/mol. The summed E-state index contributed by atoms with van der Waals surface area (Å²) < 4.78 is 23.2. The number of benzene rings is 1. The van der Waals surface area contributed by atoms with Crippen molar-refractivity contribution in [1.82, 2.24) is 0 Å². The summed E-state index contributed by atoms with van der Waals surface area (Å²) in [6.45, 7) is 1.59. The Balaban J connectivity index is 2.80. The van der Waals surface area contributed by atoms with Gasteiger partial charge in [0.2, 0.25) is 9.84 Å². The summed E-state index contributed by atoms with van der Waals surface area (Å²) in [5.41, 5.74) is 0.724. The molecule has 0 aromatic heterocycles. The van der Waals surface area contributed by atoms with Gasteiger partial charge in [-0.15, -0.1) is 0 Å². The van der Waals surface area contributed by atoms with Crippen LogP contribution in [0.15, 0.2) is 28.0 Å². The summed E-state index contributed by atoms with van der Waals surface area (Å²) in [5, 5.41) is 0.449. The van der Waals surface area contributed by atoms with Crippen LogP contribution in [0.1, 0.15) is 12.5 Å². The predicted octanol–water partition coefficient (Wildman–Crippen LogP) is 2.49. The summed E-state index contributed by atoms with van der Waals surface area (Å²) in [5.74, 6) is 0. The van der Waals surface area contributed by atoms with E-state index in [2.05, 4.69) is 0 Å². The Labute approximate surface area is 81.8 Å². The lowest BCUT2D eigenvalue weighted by atomic mass is 10.2. The Bertz CT molecular complexity index is 500. The highest BCUT2D eigenvalue weighted by Gasteiger charge is 2.26. The monoisotopic (exact) mass is 214 g/mol. The van der Waals surface area contributed by atoms with Gasteiger partial charge < -0.3 is 0 Å². The van der Waals surface area contributed by atoms with Crippen molar-refractivity contribution in [1.29, 1.82) is 0 Å². The largest absolute Gasteiger partial charge is 0.219 e. The SMILES string of the molecule is CC1=Cc2ccc(Cl)cc2S1(=O)=O. The molecule has 2 rings (SSSR count). The van der Waals surface area contributed by atoms with Crippen LogP contribution in [-0.4, -0.2) is 8.42 Å². The number of rotatable bonds is 0. The molecule has 68 valence electrons. The van der Waals surface area contributed by atoms with Gasteiger partial charge in [0.1, 0.15) is 0 Å². The number of allylic oxidation sites excluding steroid dienone is 1. The van der Waals surface area contributed by atoms with Crippen molar-refractivity contribution in [2.24, 2.45) is 0 Å². The van der Waals surface area contributed by atoms with E-state index < -0.39 is 9.84 Å². The van der Waals surface area contributed by atoms with Gasteiger partial charge in [-0.25, -0.2) is 8.42 Å². The van der Waals surface area contributed by atoms with Gasteiger partial charge in [-0.1, -0.05) is 17.7 Å². The molecule has 0 N–H and O–H groups in total. The van der Waals surface area contributed by atoms with Crippen molar-refractivity contribution < 1.29 is 8.42 Å². The lowest BCUT2D eigenvalue weighted by Gasteiger charge is -1.99. The lowest BCUT2D eigenvalue weighted by molar-refractivity contribution is 0.603. The van der Waals surface area contributed by atoms with Gasteiger partial charge in [-0.3, -0.25) is 0 Å². The van der Waals surface area contributed by atoms with Crippen LogP contribution in [0.25, 0.3) is 6.08 Å². The van der Waals surface area contributed by atoms with Crippen molar-refractivity contribution in [2.75, 3.05) is 0 Å². The first-order valence-electron chi connectivity index (χ1n) is 3.75. The molecular formula is C9H7ClO2S. The third-order valence-corrected chi connectivity index (χ3v) is 4.18. The Morgan fingerprint density at radius 3 is 2.69 bits per heavy atom. The van der Waals surface area contributed by atoms with Crippen LogP contribution in [0, 0.1) is 0 Å². The van der Waals surface area contributed by atoms with E-state index in [1.54, 1.807) is 25.1 Å². The first-order valence-corrected chi connectivity index (χ1v) is 5.61. The quantitative estimate of drug-likeness (QED) is 0.665. The normalized spacial score (nSPS) is 18.2. The van der Waals surface area contributed by atoms with Crippen molar-refractivity contribution in [2.45, 2.75) is 11.8 Å². The second-order valence-electron chi connectivity index (χ2n) is 2.94.